The summed E-state index contributed by atoms with van der Waals surface area (Å²) >= 11 is 1.53. The smallest absolute Gasteiger partial charge is 0.257 e. The zero-order valence-electron chi connectivity index (χ0n) is 20.2. The van der Waals surface area contributed by atoms with Crippen LogP contribution in [0.25, 0.3) is 0 Å². The van der Waals surface area contributed by atoms with Gasteiger partial charge in [-0.2, -0.15) is 0 Å². The van der Waals surface area contributed by atoms with Crippen LogP contribution in [-0.2, 0) is 17.6 Å². The van der Waals surface area contributed by atoms with Crippen molar-refractivity contribution in [3.63, 3.8) is 0 Å². The van der Waals surface area contributed by atoms with Crippen molar-refractivity contribution in [2.45, 2.75) is 76.7 Å². The SMILES string of the molecule is O=C(Nc1sc2c(c1C(=O)NC1CCN(C(=O)C3CCCCC3)CC1)CCCC2)c1cccnc1. The summed E-state index contributed by atoms with van der Waals surface area (Å²) in [7, 11) is 0. The van der Waals surface area contributed by atoms with Crippen molar-refractivity contribution >= 4 is 34.1 Å². The quantitative estimate of drug-likeness (QED) is 0.637. The number of nitrogens with one attached hydrogen (secondary N) is 2. The van der Waals surface area contributed by atoms with E-state index in [9.17, 15) is 14.4 Å². The topological polar surface area (TPSA) is 91.4 Å². The zero-order valence-corrected chi connectivity index (χ0v) is 21.0. The molecule has 1 aliphatic heterocycles. The Kier molecular flexibility index (Phi) is 7.46. The van der Waals surface area contributed by atoms with E-state index in [0.29, 0.717) is 35.1 Å². The molecule has 2 aromatic heterocycles. The number of aromatic nitrogens is 1. The van der Waals surface area contributed by atoms with Gasteiger partial charge < -0.3 is 15.5 Å². The molecule has 0 radical (unpaired) electrons. The Balaban J connectivity index is 1.25. The van der Waals surface area contributed by atoms with Crippen molar-refractivity contribution in [3.05, 3.63) is 46.1 Å². The van der Waals surface area contributed by atoms with Gasteiger partial charge in [-0.15, -0.1) is 11.3 Å². The molecule has 0 atom stereocenters. The molecule has 5 rings (SSSR count). The van der Waals surface area contributed by atoms with Crippen molar-refractivity contribution in [2.75, 3.05) is 18.4 Å². The molecule has 3 amide bonds. The second-order valence-electron chi connectivity index (χ2n) is 10.0. The summed E-state index contributed by atoms with van der Waals surface area (Å²) in [6, 6.07) is 3.49. The molecule has 2 aliphatic carbocycles. The van der Waals surface area contributed by atoms with Gasteiger partial charge in [0.15, 0.2) is 0 Å². The molecule has 3 heterocycles. The van der Waals surface area contributed by atoms with Gasteiger partial charge in [-0.25, -0.2) is 0 Å². The Morgan fingerprint density at radius 2 is 1.71 bits per heavy atom. The molecule has 2 N–H and O–H groups in total. The Hall–Kier alpha value is -2.74. The fraction of sp³-hybridized carbons (Fsp3) is 0.556. The first kappa shape index (κ1) is 24.0. The van der Waals surface area contributed by atoms with E-state index >= 15 is 0 Å². The number of carbonyl (C=O) groups is 3. The average Bonchev–Trinajstić information content (AvgIpc) is 3.27. The number of hydrogen-bond donors (Lipinski definition) is 2. The van der Waals surface area contributed by atoms with Crippen LogP contribution in [-0.4, -0.2) is 46.7 Å². The third-order valence-electron chi connectivity index (χ3n) is 7.65. The molecule has 1 saturated heterocycles. The zero-order chi connectivity index (χ0) is 24.2. The summed E-state index contributed by atoms with van der Waals surface area (Å²) in [4.78, 5) is 46.4. The lowest BCUT2D eigenvalue weighted by atomic mass is 9.87. The maximum atomic E-state index is 13.5. The van der Waals surface area contributed by atoms with Gasteiger partial charge in [-0.05, 0) is 69.1 Å². The van der Waals surface area contributed by atoms with Crippen LogP contribution in [0.1, 0.15) is 88.9 Å². The second kappa shape index (κ2) is 10.9. The first-order valence-corrected chi connectivity index (χ1v) is 13.9. The van der Waals surface area contributed by atoms with E-state index in [-0.39, 0.29) is 23.8 Å². The lowest BCUT2D eigenvalue weighted by Gasteiger charge is -2.35. The fourth-order valence-electron chi connectivity index (χ4n) is 5.68. The minimum absolute atomic E-state index is 0.0407. The molecule has 35 heavy (non-hydrogen) atoms. The van der Waals surface area contributed by atoms with Crippen LogP contribution in [0.15, 0.2) is 24.5 Å². The van der Waals surface area contributed by atoms with Gasteiger partial charge in [0, 0.05) is 42.3 Å². The lowest BCUT2D eigenvalue weighted by Crippen LogP contribution is -2.48. The summed E-state index contributed by atoms with van der Waals surface area (Å²) in [6.07, 6.45) is 14.3. The molecule has 7 nitrogen and oxygen atoms in total. The van der Waals surface area contributed by atoms with E-state index in [1.54, 1.807) is 18.3 Å². The molecular weight excluding hydrogens is 460 g/mol. The van der Waals surface area contributed by atoms with Gasteiger partial charge in [-0.1, -0.05) is 19.3 Å². The number of hydrogen-bond acceptors (Lipinski definition) is 5. The highest BCUT2D eigenvalue weighted by Gasteiger charge is 2.32. The van der Waals surface area contributed by atoms with Crippen LogP contribution in [0.2, 0.25) is 0 Å². The molecule has 0 spiro atoms. The Bertz CT molecular complexity index is 1070. The first-order chi connectivity index (χ1) is 17.1. The van der Waals surface area contributed by atoms with Crippen LogP contribution in [0.3, 0.4) is 0 Å². The number of rotatable bonds is 5. The molecule has 186 valence electrons. The van der Waals surface area contributed by atoms with E-state index in [1.807, 2.05) is 4.90 Å². The standard InChI is InChI=1S/C27H34N4O3S/c32-24(19-9-6-14-28-17-19)30-26-23(21-10-4-5-11-22(21)35-26)25(33)29-20-12-15-31(16-13-20)27(34)18-7-2-1-3-8-18/h6,9,14,17-18,20H,1-5,7-8,10-13,15-16H2,(H,29,33)(H,30,32). The number of thiophene rings is 1. The van der Waals surface area contributed by atoms with E-state index in [1.165, 1.54) is 28.8 Å². The number of carbonyl (C=O) groups excluding carboxylic acids is 3. The molecule has 2 fully saturated rings. The number of aryl methyl sites for hydroxylation is 1. The molecule has 0 bridgehead atoms. The summed E-state index contributed by atoms with van der Waals surface area (Å²) in [5.74, 6) is 0.142. The van der Waals surface area contributed by atoms with E-state index in [2.05, 4.69) is 15.6 Å². The van der Waals surface area contributed by atoms with Gasteiger partial charge in [0.25, 0.3) is 11.8 Å². The second-order valence-corrected chi connectivity index (χ2v) is 11.1. The number of amides is 3. The first-order valence-electron chi connectivity index (χ1n) is 13.1. The van der Waals surface area contributed by atoms with Crippen molar-refractivity contribution in [1.29, 1.82) is 0 Å². The van der Waals surface area contributed by atoms with Crippen molar-refractivity contribution < 1.29 is 14.4 Å². The summed E-state index contributed by atoms with van der Waals surface area (Å²) < 4.78 is 0. The number of fused-ring (bicyclic) bond motifs is 1. The third-order valence-corrected chi connectivity index (χ3v) is 8.85. The summed E-state index contributed by atoms with van der Waals surface area (Å²) in [6.45, 7) is 1.40. The third kappa shape index (κ3) is 5.42. The van der Waals surface area contributed by atoms with Crippen LogP contribution in [0.4, 0.5) is 5.00 Å². The number of anilines is 1. The maximum absolute atomic E-state index is 13.5. The average molecular weight is 495 g/mol. The van der Waals surface area contributed by atoms with E-state index in [4.69, 9.17) is 0 Å². The highest BCUT2D eigenvalue weighted by molar-refractivity contribution is 7.17. The summed E-state index contributed by atoms with van der Waals surface area (Å²) in [5, 5.41) is 6.85. The number of nitrogens with zero attached hydrogens (tertiary/aromatic N) is 2. The monoisotopic (exact) mass is 494 g/mol. The van der Waals surface area contributed by atoms with Gasteiger partial charge in [0.05, 0.1) is 11.1 Å². The minimum atomic E-state index is -0.250. The highest BCUT2D eigenvalue weighted by atomic mass is 32.1. The molecule has 8 heteroatoms. The molecule has 0 unspecified atom stereocenters. The van der Waals surface area contributed by atoms with E-state index in [0.717, 1.165) is 69.8 Å². The van der Waals surface area contributed by atoms with E-state index < -0.39 is 0 Å². The molecule has 1 saturated carbocycles. The van der Waals surface area contributed by atoms with Gasteiger partial charge >= 0.3 is 0 Å². The predicted molar refractivity (Wildman–Crippen MR) is 137 cm³/mol. The van der Waals surface area contributed by atoms with Gasteiger partial charge in [-0.3, -0.25) is 19.4 Å². The van der Waals surface area contributed by atoms with Gasteiger partial charge in [0.1, 0.15) is 5.00 Å². The minimum Gasteiger partial charge on any atom is -0.349 e. The Morgan fingerprint density at radius 1 is 0.943 bits per heavy atom. The molecule has 3 aliphatic rings. The fourth-order valence-corrected chi connectivity index (χ4v) is 6.96. The molecule has 2 aromatic rings. The largest absolute Gasteiger partial charge is 0.349 e. The van der Waals surface area contributed by atoms with Crippen LogP contribution in [0, 0.1) is 5.92 Å². The Morgan fingerprint density at radius 3 is 2.46 bits per heavy atom. The summed E-state index contributed by atoms with van der Waals surface area (Å²) in [5.41, 5.74) is 2.19. The van der Waals surface area contributed by atoms with Crippen molar-refractivity contribution in [2.24, 2.45) is 5.92 Å². The van der Waals surface area contributed by atoms with Crippen molar-refractivity contribution in [3.8, 4) is 0 Å². The highest BCUT2D eigenvalue weighted by Crippen LogP contribution is 2.38. The molecule has 0 aromatic carbocycles. The number of pyridine rings is 1. The normalized spacial score (nSPS) is 19.1. The number of likely N-dealkylation sites (tertiary alicyclic amines) is 1. The molecular formula is C27H34N4O3S. The van der Waals surface area contributed by atoms with Crippen LogP contribution < -0.4 is 10.6 Å². The maximum Gasteiger partial charge on any atom is 0.257 e. The predicted octanol–water partition coefficient (Wildman–Crippen LogP) is 4.58. The lowest BCUT2D eigenvalue weighted by molar-refractivity contribution is -0.137. The van der Waals surface area contributed by atoms with Crippen LogP contribution in [0.5, 0.6) is 0 Å². The van der Waals surface area contributed by atoms with Crippen LogP contribution >= 0.6 is 11.3 Å². The van der Waals surface area contributed by atoms with Gasteiger partial charge in [0.2, 0.25) is 5.91 Å². The number of piperidine rings is 1. The van der Waals surface area contributed by atoms with Crippen molar-refractivity contribution in [1.82, 2.24) is 15.2 Å². The Labute approximate surface area is 210 Å².